The van der Waals surface area contributed by atoms with E-state index in [-0.39, 0.29) is 11.7 Å². The van der Waals surface area contributed by atoms with Crippen molar-refractivity contribution in [3.05, 3.63) is 57.7 Å². The predicted molar refractivity (Wildman–Crippen MR) is 134 cm³/mol. The van der Waals surface area contributed by atoms with Crippen LogP contribution in [-0.2, 0) is 37.0 Å². The largest absolute Gasteiger partial charge is 0.316 e. The van der Waals surface area contributed by atoms with E-state index in [1.165, 1.54) is 35.0 Å². The Morgan fingerprint density at radius 3 is 2.70 bits per heavy atom. The molecule has 3 aromatic rings. The van der Waals surface area contributed by atoms with E-state index in [9.17, 15) is 10.1 Å². The number of thiophene rings is 1. The van der Waals surface area contributed by atoms with Gasteiger partial charge < -0.3 is 9.88 Å². The molecular formula is C25H29N5OS2. The van der Waals surface area contributed by atoms with Crippen LogP contribution in [0.15, 0.2) is 35.5 Å². The van der Waals surface area contributed by atoms with Crippen LogP contribution >= 0.6 is 23.1 Å². The number of aryl methyl sites for hydroxylation is 3. The third kappa shape index (κ3) is 5.84. The quantitative estimate of drug-likeness (QED) is 0.437. The molecule has 1 N–H and O–H groups in total. The molecule has 0 spiro atoms. The van der Waals surface area contributed by atoms with Crippen LogP contribution in [-0.4, -0.2) is 26.4 Å². The molecule has 0 unspecified atom stereocenters. The van der Waals surface area contributed by atoms with Gasteiger partial charge in [0, 0.05) is 17.8 Å². The molecule has 0 saturated carbocycles. The molecule has 8 heteroatoms. The van der Waals surface area contributed by atoms with E-state index in [0.717, 1.165) is 61.6 Å². The van der Waals surface area contributed by atoms with Crippen LogP contribution in [0.2, 0.25) is 0 Å². The second kappa shape index (κ2) is 11.5. The molecule has 1 aliphatic rings. The maximum Gasteiger partial charge on any atom is 0.235 e. The van der Waals surface area contributed by atoms with Crippen molar-refractivity contribution in [2.45, 2.75) is 70.0 Å². The molecule has 4 rings (SSSR count). The zero-order chi connectivity index (χ0) is 23.0. The number of nitrogens with zero attached hydrogens (tertiary/aromatic N) is 4. The molecule has 0 bridgehead atoms. The number of fused-ring (bicyclic) bond motifs is 1. The Bertz CT molecular complexity index is 1130. The minimum absolute atomic E-state index is 0.109. The zero-order valence-corrected chi connectivity index (χ0v) is 20.6. The lowest BCUT2D eigenvalue weighted by atomic mass is 9.97. The second-order valence-corrected chi connectivity index (χ2v) is 10.2. The SMILES string of the molecule is CCn1c(CCc2ccccc2)nnc1SCC(=O)Nc1sc2c(c1C#N)CCCCCC2. The fourth-order valence-electron chi connectivity index (χ4n) is 4.25. The Morgan fingerprint density at radius 2 is 1.94 bits per heavy atom. The zero-order valence-electron chi connectivity index (χ0n) is 19.0. The van der Waals surface area contributed by atoms with Gasteiger partial charge in [-0.2, -0.15) is 5.26 Å². The summed E-state index contributed by atoms with van der Waals surface area (Å²) in [5.41, 5.74) is 3.09. The van der Waals surface area contributed by atoms with Gasteiger partial charge >= 0.3 is 0 Å². The number of aromatic nitrogens is 3. The molecule has 0 saturated heterocycles. The number of thioether (sulfide) groups is 1. The van der Waals surface area contributed by atoms with Gasteiger partial charge in [-0.05, 0) is 50.2 Å². The normalized spacial score (nSPS) is 13.6. The van der Waals surface area contributed by atoms with Crippen molar-refractivity contribution in [2.24, 2.45) is 0 Å². The molecule has 0 atom stereocenters. The van der Waals surface area contributed by atoms with Gasteiger partial charge in [0.15, 0.2) is 5.16 Å². The average molecular weight is 480 g/mol. The van der Waals surface area contributed by atoms with Gasteiger partial charge in [-0.15, -0.1) is 21.5 Å². The van der Waals surface area contributed by atoms with E-state index in [1.54, 1.807) is 11.3 Å². The second-order valence-electron chi connectivity index (χ2n) is 8.20. The van der Waals surface area contributed by atoms with Crippen molar-refractivity contribution in [2.75, 3.05) is 11.1 Å². The smallest absolute Gasteiger partial charge is 0.235 e. The summed E-state index contributed by atoms with van der Waals surface area (Å²) in [5.74, 6) is 1.07. The summed E-state index contributed by atoms with van der Waals surface area (Å²) in [6.07, 6.45) is 8.37. The number of rotatable bonds is 8. The van der Waals surface area contributed by atoms with E-state index in [0.29, 0.717) is 10.6 Å². The van der Waals surface area contributed by atoms with E-state index in [2.05, 4.69) is 45.2 Å². The van der Waals surface area contributed by atoms with Crippen LogP contribution in [0.25, 0.3) is 0 Å². The Balaban J connectivity index is 1.38. The summed E-state index contributed by atoms with van der Waals surface area (Å²) in [4.78, 5) is 14.0. The molecule has 0 aliphatic heterocycles. The van der Waals surface area contributed by atoms with Crippen LogP contribution < -0.4 is 5.32 Å². The lowest BCUT2D eigenvalue weighted by molar-refractivity contribution is -0.113. The highest BCUT2D eigenvalue weighted by Crippen LogP contribution is 2.36. The minimum atomic E-state index is -0.109. The maximum atomic E-state index is 12.7. The highest BCUT2D eigenvalue weighted by molar-refractivity contribution is 7.99. The Hall–Kier alpha value is -2.63. The number of benzene rings is 1. The van der Waals surface area contributed by atoms with Crippen molar-refractivity contribution in [1.29, 1.82) is 5.26 Å². The van der Waals surface area contributed by atoms with Crippen LogP contribution in [0.3, 0.4) is 0 Å². The molecular weight excluding hydrogens is 450 g/mol. The van der Waals surface area contributed by atoms with Crippen molar-refractivity contribution < 1.29 is 4.79 Å². The fraction of sp³-hybridized carbons (Fsp3) is 0.440. The summed E-state index contributed by atoms with van der Waals surface area (Å²) >= 11 is 2.97. The molecule has 0 radical (unpaired) electrons. The van der Waals surface area contributed by atoms with Crippen LogP contribution in [0.1, 0.15) is 60.0 Å². The Morgan fingerprint density at radius 1 is 1.15 bits per heavy atom. The molecule has 2 heterocycles. The number of carbonyl (C=O) groups excluding carboxylic acids is 1. The first-order valence-corrected chi connectivity index (χ1v) is 13.4. The molecule has 6 nitrogen and oxygen atoms in total. The van der Waals surface area contributed by atoms with Crippen LogP contribution in [0.4, 0.5) is 5.00 Å². The van der Waals surface area contributed by atoms with Crippen LogP contribution in [0, 0.1) is 11.3 Å². The number of hydrogen-bond acceptors (Lipinski definition) is 6. The highest BCUT2D eigenvalue weighted by Gasteiger charge is 2.21. The lowest BCUT2D eigenvalue weighted by Gasteiger charge is -2.09. The first-order chi connectivity index (χ1) is 16.2. The number of anilines is 1. The van der Waals surface area contributed by atoms with E-state index >= 15 is 0 Å². The first-order valence-electron chi connectivity index (χ1n) is 11.6. The topological polar surface area (TPSA) is 83.6 Å². The van der Waals surface area contributed by atoms with E-state index in [4.69, 9.17) is 0 Å². The van der Waals surface area contributed by atoms with Gasteiger partial charge in [-0.1, -0.05) is 54.9 Å². The lowest BCUT2D eigenvalue weighted by Crippen LogP contribution is -2.15. The number of nitrogens with one attached hydrogen (secondary N) is 1. The molecule has 1 amide bonds. The standard InChI is InChI=1S/C25H29N5OS2/c1-2-30-22(15-14-18-10-6-5-7-11-18)28-29-25(30)32-17-23(31)27-24-20(16-26)19-12-8-3-4-9-13-21(19)33-24/h5-7,10-11H,2-4,8-9,12-15,17H2,1H3,(H,27,31). The van der Waals surface area contributed by atoms with Crippen LogP contribution in [0.5, 0.6) is 0 Å². The van der Waals surface area contributed by atoms with Crippen molar-refractivity contribution in [1.82, 2.24) is 14.8 Å². The third-order valence-electron chi connectivity index (χ3n) is 5.96. The monoisotopic (exact) mass is 479 g/mol. The predicted octanol–water partition coefficient (Wildman–Crippen LogP) is 5.41. The van der Waals surface area contributed by atoms with Gasteiger partial charge in [-0.3, -0.25) is 4.79 Å². The minimum Gasteiger partial charge on any atom is -0.316 e. The van der Waals surface area contributed by atoms with Gasteiger partial charge in [0.25, 0.3) is 0 Å². The van der Waals surface area contributed by atoms with Crippen molar-refractivity contribution >= 4 is 34.0 Å². The van der Waals surface area contributed by atoms with Gasteiger partial charge in [-0.25, -0.2) is 0 Å². The fourth-order valence-corrected chi connectivity index (χ4v) is 6.32. The molecule has 2 aromatic heterocycles. The summed E-state index contributed by atoms with van der Waals surface area (Å²) < 4.78 is 2.08. The Labute approximate surface area is 203 Å². The van der Waals surface area contributed by atoms with Gasteiger partial charge in [0.2, 0.25) is 5.91 Å². The summed E-state index contributed by atoms with van der Waals surface area (Å²) in [6.45, 7) is 2.83. The molecule has 33 heavy (non-hydrogen) atoms. The van der Waals surface area contributed by atoms with Crippen molar-refractivity contribution in [3.8, 4) is 6.07 Å². The van der Waals surface area contributed by atoms with Gasteiger partial charge in [0.05, 0.1) is 11.3 Å². The van der Waals surface area contributed by atoms with E-state index in [1.807, 2.05) is 18.2 Å². The molecule has 172 valence electrons. The summed E-state index contributed by atoms with van der Waals surface area (Å²) in [5, 5.41) is 22.9. The number of carbonyl (C=O) groups is 1. The number of hydrogen-bond donors (Lipinski definition) is 1. The average Bonchev–Trinajstić information content (AvgIpc) is 3.36. The van der Waals surface area contributed by atoms with E-state index < -0.39 is 0 Å². The van der Waals surface area contributed by atoms with Crippen molar-refractivity contribution in [3.63, 3.8) is 0 Å². The summed E-state index contributed by atoms with van der Waals surface area (Å²) in [6, 6.07) is 12.7. The number of nitriles is 1. The highest BCUT2D eigenvalue weighted by atomic mass is 32.2. The Kier molecular flexibility index (Phi) is 8.19. The molecule has 0 fully saturated rings. The molecule has 1 aliphatic carbocycles. The number of amides is 1. The third-order valence-corrected chi connectivity index (χ3v) is 8.13. The first kappa shape index (κ1) is 23.5. The maximum absolute atomic E-state index is 12.7. The summed E-state index contributed by atoms with van der Waals surface area (Å²) in [7, 11) is 0. The molecule has 1 aromatic carbocycles. The van der Waals surface area contributed by atoms with Gasteiger partial charge in [0.1, 0.15) is 16.9 Å².